The van der Waals surface area contributed by atoms with Crippen molar-refractivity contribution in [2.24, 2.45) is 0 Å². The van der Waals surface area contributed by atoms with Crippen molar-refractivity contribution in [2.45, 2.75) is 18.6 Å². The summed E-state index contributed by atoms with van der Waals surface area (Å²) in [5.41, 5.74) is 0. The van der Waals surface area contributed by atoms with Crippen LogP contribution in [0.25, 0.3) is 0 Å². The van der Waals surface area contributed by atoms with Crippen LogP contribution >= 0.6 is 0 Å². The fourth-order valence-electron chi connectivity index (χ4n) is 1.58. The summed E-state index contributed by atoms with van der Waals surface area (Å²) in [6.45, 7) is 2.51. The quantitative estimate of drug-likeness (QED) is 0.492. The summed E-state index contributed by atoms with van der Waals surface area (Å²) in [5, 5.41) is 21.1. The molecule has 4 heteroatoms. The standard InChI is InChI=1S/C8H18N2O2/c1-10(2-3-11)6-7-4-8(12)5-9-7/h7-9,11-12H,2-6H2,1H3. The van der Waals surface area contributed by atoms with Crippen molar-refractivity contribution in [3.05, 3.63) is 0 Å². The van der Waals surface area contributed by atoms with E-state index in [1.165, 1.54) is 0 Å². The van der Waals surface area contributed by atoms with Crippen molar-refractivity contribution >= 4 is 0 Å². The molecular weight excluding hydrogens is 156 g/mol. The van der Waals surface area contributed by atoms with Gasteiger partial charge >= 0.3 is 0 Å². The molecule has 0 aliphatic carbocycles. The maximum Gasteiger partial charge on any atom is 0.0680 e. The minimum atomic E-state index is -0.183. The fourth-order valence-corrected chi connectivity index (χ4v) is 1.58. The molecule has 0 amide bonds. The molecule has 0 aromatic rings. The first-order chi connectivity index (χ1) is 5.72. The summed E-state index contributed by atoms with van der Waals surface area (Å²) in [4.78, 5) is 2.07. The Labute approximate surface area is 73.2 Å². The lowest BCUT2D eigenvalue weighted by Gasteiger charge is -2.19. The highest BCUT2D eigenvalue weighted by molar-refractivity contribution is 4.82. The molecule has 0 saturated carbocycles. The molecule has 72 valence electrons. The van der Waals surface area contributed by atoms with Crippen molar-refractivity contribution < 1.29 is 10.2 Å². The van der Waals surface area contributed by atoms with Gasteiger partial charge in [-0.1, -0.05) is 0 Å². The summed E-state index contributed by atoms with van der Waals surface area (Å²) in [6, 6.07) is 0.386. The number of aliphatic hydroxyl groups excluding tert-OH is 2. The molecule has 1 aliphatic rings. The van der Waals surface area contributed by atoms with Crippen LogP contribution in [0.3, 0.4) is 0 Å². The molecule has 0 spiro atoms. The highest BCUT2D eigenvalue weighted by atomic mass is 16.3. The van der Waals surface area contributed by atoms with Gasteiger partial charge in [-0.25, -0.2) is 0 Å². The zero-order valence-electron chi connectivity index (χ0n) is 7.53. The number of β-amino-alcohol motifs (C(OH)–C–C–N with tert-alkyl or cyclic N) is 1. The largest absolute Gasteiger partial charge is 0.395 e. The van der Waals surface area contributed by atoms with Gasteiger partial charge in [-0.3, -0.25) is 0 Å². The maximum atomic E-state index is 9.21. The van der Waals surface area contributed by atoms with Crippen LogP contribution in [0.2, 0.25) is 0 Å². The van der Waals surface area contributed by atoms with Crippen molar-refractivity contribution in [3.8, 4) is 0 Å². The molecule has 0 aromatic carbocycles. The van der Waals surface area contributed by atoms with Gasteiger partial charge < -0.3 is 20.4 Å². The van der Waals surface area contributed by atoms with Crippen LogP contribution in [-0.2, 0) is 0 Å². The van der Waals surface area contributed by atoms with E-state index in [-0.39, 0.29) is 12.7 Å². The third-order valence-electron chi connectivity index (χ3n) is 2.21. The van der Waals surface area contributed by atoms with Gasteiger partial charge in [-0.2, -0.15) is 0 Å². The molecule has 1 heterocycles. The number of rotatable bonds is 4. The van der Waals surface area contributed by atoms with Gasteiger partial charge in [0.1, 0.15) is 0 Å². The topological polar surface area (TPSA) is 55.7 Å². The normalized spacial score (nSPS) is 30.0. The average molecular weight is 174 g/mol. The number of likely N-dealkylation sites (N-methyl/N-ethyl adjacent to an activating group) is 1. The van der Waals surface area contributed by atoms with E-state index in [9.17, 15) is 5.11 Å². The van der Waals surface area contributed by atoms with Crippen molar-refractivity contribution in [2.75, 3.05) is 33.3 Å². The van der Waals surface area contributed by atoms with Crippen LogP contribution in [0.15, 0.2) is 0 Å². The van der Waals surface area contributed by atoms with Crippen LogP contribution in [0, 0.1) is 0 Å². The Bertz CT molecular complexity index is 132. The fraction of sp³-hybridized carbons (Fsp3) is 1.00. The van der Waals surface area contributed by atoms with Gasteiger partial charge in [0.25, 0.3) is 0 Å². The van der Waals surface area contributed by atoms with E-state index in [2.05, 4.69) is 10.2 Å². The Kier molecular flexibility index (Phi) is 3.94. The second kappa shape index (κ2) is 4.77. The van der Waals surface area contributed by atoms with E-state index in [0.29, 0.717) is 19.1 Å². The molecule has 2 unspecified atom stereocenters. The first-order valence-electron chi connectivity index (χ1n) is 4.43. The Morgan fingerprint density at radius 1 is 1.58 bits per heavy atom. The number of aliphatic hydroxyl groups is 2. The first kappa shape index (κ1) is 9.92. The zero-order chi connectivity index (χ0) is 8.97. The molecule has 0 bridgehead atoms. The predicted octanol–water partition coefficient (Wildman–Crippen LogP) is -1.37. The van der Waals surface area contributed by atoms with E-state index in [0.717, 1.165) is 13.0 Å². The second-order valence-corrected chi connectivity index (χ2v) is 3.48. The highest BCUT2D eigenvalue weighted by Gasteiger charge is 2.22. The number of nitrogens with zero attached hydrogens (tertiary/aromatic N) is 1. The number of hydrogen-bond acceptors (Lipinski definition) is 4. The monoisotopic (exact) mass is 174 g/mol. The third kappa shape index (κ3) is 3.06. The summed E-state index contributed by atoms with van der Waals surface area (Å²) < 4.78 is 0. The SMILES string of the molecule is CN(CCO)CC1CC(O)CN1. The van der Waals surface area contributed by atoms with Crippen LogP contribution in [-0.4, -0.2) is 60.5 Å². The van der Waals surface area contributed by atoms with Crippen LogP contribution < -0.4 is 5.32 Å². The van der Waals surface area contributed by atoms with E-state index >= 15 is 0 Å². The molecule has 0 radical (unpaired) electrons. The minimum Gasteiger partial charge on any atom is -0.395 e. The van der Waals surface area contributed by atoms with Crippen LogP contribution in [0.4, 0.5) is 0 Å². The molecule has 2 atom stereocenters. The van der Waals surface area contributed by atoms with Gasteiger partial charge in [-0.15, -0.1) is 0 Å². The van der Waals surface area contributed by atoms with Gasteiger partial charge in [0, 0.05) is 25.7 Å². The molecular formula is C8H18N2O2. The van der Waals surface area contributed by atoms with E-state index in [1.54, 1.807) is 0 Å². The summed E-state index contributed by atoms with van der Waals surface area (Å²) >= 11 is 0. The average Bonchev–Trinajstić information content (AvgIpc) is 2.36. The second-order valence-electron chi connectivity index (χ2n) is 3.48. The zero-order valence-corrected chi connectivity index (χ0v) is 7.53. The van der Waals surface area contributed by atoms with Crippen molar-refractivity contribution in [1.82, 2.24) is 10.2 Å². The first-order valence-corrected chi connectivity index (χ1v) is 4.43. The smallest absolute Gasteiger partial charge is 0.0680 e. The lowest BCUT2D eigenvalue weighted by molar-refractivity contribution is 0.184. The Morgan fingerprint density at radius 3 is 2.83 bits per heavy atom. The molecule has 0 aromatic heterocycles. The Morgan fingerprint density at radius 2 is 2.33 bits per heavy atom. The van der Waals surface area contributed by atoms with Gasteiger partial charge in [0.05, 0.1) is 12.7 Å². The molecule has 12 heavy (non-hydrogen) atoms. The lowest BCUT2D eigenvalue weighted by atomic mass is 10.2. The molecule has 1 rings (SSSR count). The Balaban J connectivity index is 2.14. The molecule has 1 fully saturated rings. The van der Waals surface area contributed by atoms with Gasteiger partial charge in [0.15, 0.2) is 0 Å². The third-order valence-corrected chi connectivity index (χ3v) is 2.21. The summed E-state index contributed by atoms with van der Waals surface area (Å²) in [6.07, 6.45) is 0.646. The number of hydrogen-bond donors (Lipinski definition) is 3. The maximum absolute atomic E-state index is 9.21. The molecule has 4 nitrogen and oxygen atoms in total. The minimum absolute atomic E-state index is 0.183. The van der Waals surface area contributed by atoms with E-state index < -0.39 is 0 Å². The molecule has 1 saturated heterocycles. The highest BCUT2D eigenvalue weighted by Crippen LogP contribution is 2.06. The van der Waals surface area contributed by atoms with Gasteiger partial charge in [0.2, 0.25) is 0 Å². The molecule has 1 aliphatic heterocycles. The van der Waals surface area contributed by atoms with Crippen LogP contribution in [0.1, 0.15) is 6.42 Å². The van der Waals surface area contributed by atoms with E-state index in [4.69, 9.17) is 5.11 Å². The van der Waals surface area contributed by atoms with Crippen molar-refractivity contribution in [1.29, 1.82) is 0 Å². The summed E-state index contributed by atoms with van der Waals surface area (Å²) in [7, 11) is 1.97. The summed E-state index contributed by atoms with van der Waals surface area (Å²) in [5.74, 6) is 0. The lowest BCUT2D eigenvalue weighted by Crippen LogP contribution is -2.36. The van der Waals surface area contributed by atoms with Crippen LogP contribution in [0.5, 0.6) is 0 Å². The predicted molar refractivity (Wildman–Crippen MR) is 47.0 cm³/mol. The Hall–Kier alpha value is -0.160. The number of nitrogens with one attached hydrogen (secondary N) is 1. The molecule has 3 N–H and O–H groups in total. The van der Waals surface area contributed by atoms with E-state index in [1.807, 2.05) is 7.05 Å². The van der Waals surface area contributed by atoms with Crippen molar-refractivity contribution in [3.63, 3.8) is 0 Å². The van der Waals surface area contributed by atoms with Gasteiger partial charge in [-0.05, 0) is 13.5 Å².